The summed E-state index contributed by atoms with van der Waals surface area (Å²) in [7, 11) is 0. The molecule has 0 atom stereocenters. The lowest BCUT2D eigenvalue weighted by molar-refractivity contribution is 0.179. The van der Waals surface area contributed by atoms with Gasteiger partial charge in [-0.2, -0.15) is 0 Å². The number of hydrazine groups is 1. The van der Waals surface area contributed by atoms with Crippen molar-refractivity contribution in [1.29, 1.82) is 0 Å². The molecule has 1 rings (SSSR count). The summed E-state index contributed by atoms with van der Waals surface area (Å²) in [5.74, 6) is 5.51. The molecule has 1 saturated heterocycles. The lowest BCUT2D eigenvalue weighted by atomic mass is 10.5. The molecule has 1 fully saturated rings. The van der Waals surface area contributed by atoms with Crippen LogP contribution in [0.1, 0.15) is 0 Å². The first kappa shape index (κ1) is 11.2. The Kier molecular flexibility index (Phi) is 6.35. The van der Waals surface area contributed by atoms with Crippen molar-refractivity contribution in [3.8, 4) is 0 Å². The normalized spacial score (nSPS) is 15.2. The second-order valence-electron chi connectivity index (χ2n) is 2.07. The lowest BCUT2D eigenvalue weighted by Crippen LogP contribution is -2.34. The predicted molar refractivity (Wildman–Crippen MR) is 52.1 cm³/mol. The van der Waals surface area contributed by atoms with E-state index in [4.69, 9.17) is 10.5 Å². The summed E-state index contributed by atoms with van der Waals surface area (Å²) in [6, 6.07) is 0. The van der Waals surface area contributed by atoms with Crippen LogP contribution >= 0.6 is 12.2 Å². The summed E-state index contributed by atoms with van der Waals surface area (Å²) in [6.07, 6.45) is 0. The summed E-state index contributed by atoms with van der Waals surface area (Å²) < 4.78 is 5.02. The number of thiocarbonyl (C=S) groups is 1. The Morgan fingerprint density at radius 2 is 2.33 bits per heavy atom. The quantitative estimate of drug-likeness (QED) is 0.218. The summed E-state index contributed by atoms with van der Waals surface area (Å²) in [5.41, 5.74) is 6.82. The summed E-state index contributed by atoms with van der Waals surface area (Å²) in [6.45, 7) is 6.18. The third kappa shape index (κ3) is 7.26. The summed E-state index contributed by atoms with van der Waals surface area (Å²) >= 11 is 4.24. The van der Waals surface area contributed by atoms with Gasteiger partial charge < -0.3 is 21.2 Å². The van der Waals surface area contributed by atoms with Gasteiger partial charge in [-0.25, -0.2) is 5.84 Å². The molecule has 0 spiro atoms. The Balaban J connectivity index is 0.000000217. The van der Waals surface area contributed by atoms with Crippen LogP contribution in [-0.2, 0) is 4.74 Å². The van der Waals surface area contributed by atoms with Crippen molar-refractivity contribution in [2.24, 2.45) is 11.6 Å². The molecule has 0 radical (unpaired) electrons. The van der Waals surface area contributed by atoms with Crippen molar-refractivity contribution in [3.05, 3.63) is 12.3 Å². The van der Waals surface area contributed by atoms with Crippen molar-refractivity contribution >= 4 is 17.3 Å². The van der Waals surface area contributed by atoms with Crippen LogP contribution in [-0.4, -0.2) is 24.8 Å². The lowest BCUT2D eigenvalue weighted by Gasteiger charge is -2.15. The van der Waals surface area contributed by atoms with Gasteiger partial charge in [0.25, 0.3) is 0 Å². The highest BCUT2D eigenvalue weighted by atomic mass is 32.1. The van der Waals surface area contributed by atoms with E-state index < -0.39 is 0 Å². The molecular formula is C6H14N4OS. The molecule has 0 aromatic carbocycles. The fraction of sp³-hybridized carbons (Fsp3) is 0.500. The van der Waals surface area contributed by atoms with E-state index in [-0.39, 0.29) is 5.11 Å². The molecule has 12 heavy (non-hydrogen) atoms. The largest absolute Gasteiger partial charge is 0.496 e. The van der Waals surface area contributed by atoms with Crippen LogP contribution in [0.3, 0.4) is 0 Å². The average Bonchev–Trinajstić information content (AvgIpc) is 2.07. The monoisotopic (exact) mass is 190 g/mol. The Hall–Kier alpha value is -0.850. The molecule has 0 amide bonds. The number of hydrogen-bond donors (Lipinski definition) is 4. The maximum atomic E-state index is 5.02. The molecule has 1 aliphatic heterocycles. The molecule has 0 saturated carbocycles. The molecule has 6 heteroatoms. The molecular weight excluding hydrogens is 176 g/mol. The number of rotatable bonds is 0. The Bertz CT molecular complexity index is 154. The van der Waals surface area contributed by atoms with Gasteiger partial charge in [-0.3, -0.25) is 0 Å². The molecule has 1 aliphatic rings. The van der Waals surface area contributed by atoms with Crippen molar-refractivity contribution in [2.75, 3.05) is 19.7 Å². The third-order valence-electron chi connectivity index (χ3n) is 1.05. The molecule has 6 N–H and O–H groups in total. The van der Waals surface area contributed by atoms with Crippen LogP contribution < -0.4 is 22.3 Å². The molecule has 0 aromatic heterocycles. The first-order valence-corrected chi connectivity index (χ1v) is 3.85. The fourth-order valence-electron chi connectivity index (χ4n) is 0.546. The highest BCUT2D eigenvalue weighted by Gasteiger charge is 1.99. The van der Waals surface area contributed by atoms with E-state index in [0.29, 0.717) is 0 Å². The van der Waals surface area contributed by atoms with Gasteiger partial charge >= 0.3 is 0 Å². The zero-order chi connectivity index (χ0) is 9.40. The maximum Gasteiger partial charge on any atom is 0.177 e. The van der Waals surface area contributed by atoms with Gasteiger partial charge in [-0.05, 0) is 12.2 Å². The van der Waals surface area contributed by atoms with E-state index in [9.17, 15) is 0 Å². The Labute approximate surface area is 77.1 Å². The van der Waals surface area contributed by atoms with Gasteiger partial charge in [0.05, 0.1) is 6.54 Å². The number of nitrogens with one attached hydrogen (secondary N) is 2. The van der Waals surface area contributed by atoms with E-state index in [2.05, 4.69) is 30.0 Å². The Morgan fingerprint density at radius 1 is 1.75 bits per heavy atom. The molecule has 5 nitrogen and oxygen atoms in total. The Morgan fingerprint density at radius 3 is 2.50 bits per heavy atom. The fourth-order valence-corrected chi connectivity index (χ4v) is 0.546. The molecule has 70 valence electrons. The summed E-state index contributed by atoms with van der Waals surface area (Å²) in [5, 5.41) is 3.23. The zero-order valence-electron chi connectivity index (χ0n) is 6.80. The number of hydrogen-bond acceptors (Lipinski definition) is 4. The van der Waals surface area contributed by atoms with Crippen LogP contribution in [0.15, 0.2) is 12.3 Å². The van der Waals surface area contributed by atoms with Crippen LogP contribution in [0.2, 0.25) is 0 Å². The van der Waals surface area contributed by atoms with Crippen LogP contribution in [0.25, 0.3) is 0 Å². The summed E-state index contributed by atoms with van der Waals surface area (Å²) in [4.78, 5) is 0. The van der Waals surface area contributed by atoms with Gasteiger partial charge in [-0.1, -0.05) is 6.58 Å². The van der Waals surface area contributed by atoms with Crippen molar-refractivity contribution in [2.45, 2.75) is 0 Å². The predicted octanol–water partition coefficient (Wildman–Crippen LogP) is -1.19. The topological polar surface area (TPSA) is 85.3 Å². The number of ether oxygens (including phenoxy) is 1. The van der Waals surface area contributed by atoms with Crippen molar-refractivity contribution in [3.63, 3.8) is 0 Å². The van der Waals surface area contributed by atoms with Gasteiger partial charge in [0.15, 0.2) is 5.11 Å². The van der Waals surface area contributed by atoms with E-state index in [1.165, 1.54) is 0 Å². The van der Waals surface area contributed by atoms with E-state index in [1.807, 2.05) is 5.43 Å². The average molecular weight is 190 g/mol. The third-order valence-corrected chi connectivity index (χ3v) is 1.17. The second-order valence-corrected chi connectivity index (χ2v) is 2.51. The molecule has 0 bridgehead atoms. The van der Waals surface area contributed by atoms with E-state index in [1.54, 1.807) is 0 Å². The number of morpholine rings is 1. The van der Waals surface area contributed by atoms with E-state index >= 15 is 0 Å². The van der Waals surface area contributed by atoms with Gasteiger partial charge in [0.1, 0.15) is 12.4 Å². The van der Waals surface area contributed by atoms with Gasteiger partial charge in [0.2, 0.25) is 0 Å². The smallest absolute Gasteiger partial charge is 0.177 e. The first-order valence-electron chi connectivity index (χ1n) is 3.44. The van der Waals surface area contributed by atoms with Crippen LogP contribution in [0.4, 0.5) is 0 Å². The maximum absolute atomic E-state index is 5.02. The van der Waals surface area contributed by atoms with Gasteiger partial charge in [0, 0.05) is 6.54 Å². The highest BCUT2D eigenvalue weighted by molar-refractivity contribution is 7.80. The van der Waals surface area contributed by atoms with Crippen LogP contribution in [0.5, 0.6) is 0 Å². The van der Waals surface area contributed by atoms with Crippen molar-refractivity contribution in [1.82, 2.24) is 10.7 Å². The first-order chi connectivity index (χ1) is 5.66. The van der Waals surface area contributed by atoms with Crippen LogP contribution in [0, 0.1) is 0 Å². The minimum absolute atomic E-state index is 0.116. The van der Waals surface area contributed by atoms with Gasteiger partial charge in [-0.15, -0.1) is 0 Å². The molecule has 0 unspecified atom stereocenters. The molecule has 1 heterocycles. The zero-order valence-corrected chi connectivity index (χ0v) is 7.62. The van der Waals surface area contributed by atoms with E-state index in [0.717, 1.165) is 25.5 Å². The second kappa shape index (κ2) is 6.84. The minimum Gasteiger partial charge on any atom is -0.496 e. The SMILES string of the molecule is C=C1CNCCO1.NNC(N)=S. The minimum atomic E-state index is 0.116. The number of nitrogens with two attached hydrogens (primary N) is 2. The standard InChI is InChI=1S/C5H9NO.CH5N3S/c1-5-4-6-2-3-7-5;2-1(5)4-3/h6H,1-4H2;3H2,(H3,2,4,5). The highest BCUT2D eigenvalue weighted by Crippen LogP contribution is 1.93. The molecule has 0 aromatic rings. The molecule has 0 aliphatic carbocycles. The van der Waals surface area contributed by atoms with Crippen molar-refractivity contribution < 1.29 is 4.74 Å².